The maximum absolute atomic E-state index is 5.18. The molecule has 1 aliphatic carbocycles. The summed E-state index contributed by atoms with van der Waals surface area (Å²) in [6, 6.07) is 10.0. The summed E-state index contributed by atoms with van der Waals surface area (Å²) in [5.41, 5.74) is 2.36. The van der Waals surface area contributed by atoms with Gasteiger partial charge in [0.05, 0.1) is 11.6 Å². The Morgan fingerprint density at radius 1 is 1.27 bits per heavy atom. The third-order valence-corrected chi connectivity index (χ3v) is 4.98. The Labute approximate surface area is 160 Å². The predicted octanol–water partition coefficient (Wildman–Crippen LogP) is 3.02. The van der Waals surface area contributed by atoms with E-state index in [4.69, 9.17) is 4.74 Å². The van der Waals surface area contributed by atoms with Gasteiger partial charge in [-0.2, -0.15) is 5.10 Å². The SMILES string of the molecule is COc1ccc(CNC2N=CC(Br)=C(Nc3cc(C4CC4)[nH]n3)N2)cc1. The molecule has 0 spiro atoms. The molecule has 1 fully saturated rings. The molecule has 0 saturated heterocycles. The van der Waals surface area contributed by atoms with Crippen molar-refractivity contribution >= 4 is 28.0 Å². The van der Waals surface area contributed by atoms with E-state index in [1.807, 2.05) is 24.3 Å². The van der Waals surface area contributed by atoms with Gasteiger partial charge in [-0.1, -0.05) is 12.1 Å². The lowest BCUT2D eigenvalue weighted by atomic mass is 10.2. The second kappa shape index (κ2) is 7.51. The highest BCUT2D eigenvalue weighted by molar-refractivity contribution is 9.12. The fraction of sp³-hybridized carbons (Fsp3) is 0.333. The summed E-state index contributed by atoms with van der Waals surface area (Å²) in [5.74, 6) is 3.14. The molecule has 1 aromatic carbocycles. The molecule has 2 aromatic rings. The highest BCUT2D eigenvalue weighted by atomic mass is 79.9. The van der Waals surface area contributed by atoms with Crippen LogP contribution in [0.5, 0.6) is 5.75 Å². The van der Waals surface area contributed by atoms with Gasteiger partial charge in [0.2, 0.25) is 0 Å². The van der Waals surface area contributed by atoms with Crippen LogP contribution in [0.25, 0.3) is 0 Å². The summed E-state index contributed by atoms with van der Waals surface area (Å²) in [7, 11) is 1.67. The minimum atomic E-state index is -0.220. The van der Waals surface area contributed by atoms with Crippen LogP contribution in [-0.4, -0.2) is 29.8 Å². The van der Waals surface area contributed by atoms with Crippen LogP contribution < -0.4 is 20.7 Å². The molecule has 1 aliphatic heterocycles. The topological polar surface area (TPSA) is 86.4 Å². The van der Waals surface area contributed by atoms with Crippen molar-refractivity contribution in [3.8, 4) is 5.75 Å². The molecule has 0 amide bonds. The summed E-state index contributed by atoms with van der Waals surface area (Å²) >= 11 is 3.53. The number of aromatic nitrogens is 2. The summed E-state index contributed by atoms with van der Waals surface area (Å²) in [6.45, 7) is 0.693. The van der Waals surface area contributed by atoms with Crippen LogP contribution in [0.2, 0.25) is 0 Å². The summed E-state index contributed by atoms with van der Waals surface area (Å²) in [6.07, 6.45) is 4.06. The van der Waals surface area contributed by atoms with Gasteiger partial charge in [-0.3, -0.25) is 15.4 Å². The number of rotatable bonds is 7. The quantitative estimate of drug-likeness (QED) is 0.557. The number of nitrogens with zero attached hydrogens (tertiary/aromatic N) is 2. The maximum atomic E-state index is 5.18. The van der Waals surface area contributed by atoms with Gasteiger partial charge in [0.1, 0.15) is 11.6 Å². The predicted molar refractivity (Wildman–Crippen MR) is 105 cm³/mol. The Bertz CT molecular complexity index is 824. The first-order valence-electron chi connectivity index (χ1n) is 8.59. The maximum Gasteiger partial charge on any atom is 0.175 e. The highest BCUT2D eigenvalue weighted by Crippen LogP contribution is 2.39. The van der Waals surface area contributed by atoms with Gasteiger partial charge in [-0.05, 0) is 46.5 Å². The van der Waals surface area contributed by atoms with E-state index in [2.05, 4.69) is 53.1 Å². The van der Waals surface area contributed by atoms with Crippen molar-refractivity contribution in [2.75, 3.05) is 12.4 Å². The molecule has 4 N–H and O–H groups in total. The van der Waals surface area contributed by atoms with Gasteiger partial charge in [-0.15, -0.1) is 0 Å². The van der Waals surface area contributed by atoms with Crippen molar-refractivity contribution in [1.29, 1.82) is 0 Å². The number of H-pyrrole nitrogens is 1. The molecule has 1 saturated carbocycles. The number of ether oxygens (including phenoxy) is 1. The van der Waals surface area contributed by atoms with Crippen LogP contribution in [0, 0.1) is 0 Å². The van der Waals surface area contributed by atoms with E-state index in [9.17, 15) is 0 Å². The molecule has 1 atom stereocenters. The fourth-order valence-electron chi connectivity index (χ4n) is 2.74. The molecule has 26 heavy (non-hydrogen) atoms. The van der Waals surface area contributed by atoms with E-state index in [0.717, 1.165) is 27.4 Å². The van der Waals surface area contributed by atoms with Gasteiger partial charge in [0.15, 0.2) is 12.1 Å². The number of hydrogen-bond acceptors (Lipinski definition) is 6. The molecular weight excluding hydrogens is 396 g/mol. The number of halogens is 1. The largest absolute Gasteiger partial charge is 0.497 e. The minimum Gasteiger partial charge on any atom is -0.497 e. The summed E-state index contributed by atoms with van der Waals surface area (Å²) < 4.78 is 6.04. The lowest BCUT2D eigenvalue weighted by Gasteiger charge is -2.24. The molecule has 0 bridgehead atoms. The van der Waals surface area contributed by atoms with Crippen molar-refractivity contribution in [1.82, 2.24) is 20.8 Å². The van der Waals surface area contributed by atoms with Crippen LogP contribution in [0.15, 0.2) is 45.6 Å². The number of aromatic amines is 1. The molecule has 7 nitrogen and oxygen atoms in total. The third kappa shape index (κ3) is 4.08. The molecular formula is C18H21BrN6O. The standard InChI is InChI=1S/C18H21BrN6O/c1-26-13-6-2-11(3-7-13)9-20-18-21-10-14(19)17(23-18)22-16-8-15(24-25-16)12-4-5-12/h2-3,6-8,10,12,18,20,23H,4-5,9H2,1H3,(H2,22,24,25). The van der Waals surface area contributed by atoms with Gasteiger partial charge < -0.3 is 15.4 Å². The van der Waals surface area contributed by atoms with Gasteiger partial charge >= 0.3 is 0 Å². The number of benzene rings is 1. The van der Waals surface area contributed by atoms with E-state index >= 15 is 0 Å². The fourth-order valence-corrected chi connectivity index (χ4v) is 3.07. The van der Waals surface area contributed by atoms with Crippen LogP contribution in [0.1, 0.15) is 30.0 Å². The molecule has 2 aliphatic rings. The summed E-state index contributed by atoms with van der Waals surface area (Å²) in [4.78, 5) is 4.45. The Morgan fingerprint density at radius 3 is 2.81 bits per heavy atom. The smallest absolute Gasteiger partial charge is 0.175 e. The van der Waals surface area contributed by atoms with Gasteiger partial charge in [-0.25, -0.2) is 0 Å². The van der Waals surface area contributed by atoms with Crippen molar-refractivity contribution in [2.45, 2.75) is 31.6 Å². The zero-order chi connectivity index (χ0) is 17.9. The van der Waals surface area contributed by atoms with Crippen molar-refractivity contribution in [2.24, 2.45) is 4.99 Å². The van der Waals surface area contributed by atoms with E-state index in [1.165, 1.54) is 18.5 Å². The monoisotopic (exact) mass is 416 g/mol. The molecule has 136 valence electrons. The Morgan fingerprint density at radius 2 is 2.08 bits per heavy atom. The van der Waals surface area contributed by atoms with Crippen LogP contribution in [0.3, 0.4) is 0 Å². The number of aliphatic imine (C=N–C) groups is 1. The average Bonchev–Trinajstić information content (AvgIpc) is 3.42. The molecule has 0 radical (unpaired) electrons. The van der Waals surface area contributed by atoms with Crippen LogP contribution in [0.4, 0.5) is 5.82 Å². The van der Waals surface area contributed by atoms with Crippen LogP contribution >= 0.6 is 15.9 Å². The van der Waals surface area contributed by atoms with E-state index in [-0.39, 0.29) is 6.29 Å². The number of allylic oxidation sites excluding steroid dienone is 1. The lowest BCUT2D eigenvalue weighted by Crippen LogP contribution is -2.43. The highest BCUT2D eigenvalue weighted by Gasteiger charge is 2.26. The first-order chi connectivity index (χ1) is 12.7. The normalized spacial score (nSPS) is 19.4. The number of nitrogens with one attached hydrogen (secondary N) is 4. The van der Waals surface area contributed by atoms with E-state index in [0.29, 0.717) is 12.5 Å². The first-order valence-corrected chi connectivity index (χ1v) is 9.38. The zero-order valence-corrected chi connectivity index (χ0v) is 16.0. The molecule has 8 heteroatoms. The number of methoxy groups -OCH3 is 1. The molecule has 1 aromatic heterocycles. The second-order valence-electron chi connectivity index (χ2n) is 6.38. The lowest BCUT2D eigenvalue weighted by molar-refractivity contribution is 0.414. The Hall–Kier alpha value is -2.32. The van der Waals surface area contributed by atoms with Crippen molar-refractivity contribution in [3.05, 3.63) is 51.9 Å². The molecule has 1 unspecified atom stereocenters. The third-order valence-electron chi connectivity index (χ3n) is 4.38. The Kier molecular flexibility index (Phi) is 4.94. The molecule has 2 heterocycles. The van der Waals surface area contributed by atoms with Crippen molar-refractivity contribution < 1.29 is 4.74 Å². The first kappa shape index (κ1) is 17.1. The minimum absolute atomic E-state index is 0.220. The Balaban J connectivity index is 1.34. The molecule has 4 rings (SSSR count). The average molecular weight is 417 g/mol. The van der Waals surface area contributed by atoms with Gasteiger partial charge in [0.25, 0.3) is 0 Å². The zero-order valence-electron chi connectivity index (χ0n) is 14.4. The van der Waals surface area contributed by atoms with E-state index < -0.39 is 0 Å². The van der Waals surface area contributed by atoms with Crippen molar-refractivity contribution in [3.63, 3.8) is 0 Å². The number of anilines is 1. The van der Waals surface area contributed by atoms with E-state index in [1.54, 1.807) is 13.3 Å². The number of hydrogen-bond donors (Lipinski definition) is 4. The van der Waals surface area contributed by atoms with Gasteiger partial charge in [0, 0.05) is 30.4 Å². The second-order valence-corrected chi connectivity index (χ2v) is 7.24. The van der Waals surface area contributed by atoms with Crippen LogP contribution in [-0.2, 0) is 6.54 Å². The summed E-state index contributed by atoms with van der Waals surface area (Å²) in [5, 5.41) is 17.4.